The molecular formula is C59H103N11O13. The minimum atomic E-state index is -1.61. The van der Waals surface area contributed by atoms with Gasteiger partial charge < -0.3 is 55.6 Å². The Morgan fingerprint density at radius 1 is 0.458 bits per heavy atom. The Hall–Kier alpha value is -5.75. The predicted octanol–water partition coefficient (Wildman–Crippen LogP) is 1.06. The summed E-state index contributed by atoms with van der Waals surface area (Å²) in [7, 11) is 9.96. The molecule has 3 fully saturated rings. The van der Waals surface area contributed by atoms with Crippen LogP contribution < -0.4 is 21.3 Å². The van der Waals surface area contributed by atoms with Gasteiger partial charge in [0.05, 0.1) is 24.3 Å². The van der Waals surface area contributed by atoms with E-state index in [-0.39, 0.29) is 62.4 Å². The van der Waals surface area contributed by atoms with E-state index in [4.69, 9.17) is 4.74 Å². The number of likely N-dealkylation sites (N-methyl/N-ethyl adjacent to an activating group) is 7. The zero-order valence-corrected chi connectivity index (χ0v) is 53.8. The SMILES string of the molecule is CC(C)C[C@@H]1C(=O)N[C@H](C)C(=O)N[C@@H](C)C(=O)N(C)C(=O)[C@@H](CC(C)C)N(C)[C@H](CC(C)C)C(=O)N(C)[C@H](C(C)C)C(=O)N(C)[C@@H]2C(=O)N[C@H](C(=O)N(C)[C@H](C)C(=O)N(C)[C@@H](CC(C)C)C(=O)N[C@H](C(C)C)C(=O)N1C)[C@H](O)[C@@H]1CCO[C@H]12. The molecule has 11 amide bonds. The molecule has 83 heavy (non-hydrogen) atoms. The van der Waals surface area contributed by atoms with E-state index in [1.807, 2.05) is 55.4 Å². The van der Waals surface area contributed by atoms with Gasteiger partial charge in [-0.25, -0.2) is 0 Å². The van der Waals surface area contributed by atoms with E-state index in [2.05, 4.69) is 21.3 Å². The number of nitrogens with one attached hydrogen (secondary N) is 4. The first-order chi connectivity index (χ1) is 38.3. The Balaban J connectivity index is 2.28. The van der Waals surface area contributed by atoms with Crippen molar-refractivity contribution in [3.63, 3.8) is 0 Å². The number of carbonyl (C=O) groups excluding carboxylic acids is 11. The first-order valence-electron chi connectivity index (χ1n) is 29.7. The van der Waals surface area contributed by atoms with Crippen molar-refractivity contribution in [2.45, 2.75) is 215 Å². The Bertz CT molecular complexity index is 2350. The minimum absolute atomic E-state index is 0.0837. The maximum atomic E-state index is 15.2. The van der Waals surface area contributed by atoms with Crippen LogP contribution in [0.25, 0.3) is 0 Å². The quantitative estimate of drug-likeness (QED) is 0.191. The van der Waals surface area contributed by atoms with Gasteiger partial charge in [-0.15, -0.1) is 0 Å². The zero-order chi connectivity index (χ0) is 63.7. The summed E-state index contributed by atoms with van der Waals surface area (Å²) in [4.78, 5) is 169. The molecule has 0 radical (unpaired) electrons. The largest absolute Gasteiger partial charge is 0.390 e. The summed E-state index contributed by atoms with van der Waals surface area (Å²) in [6, 6.07) is -13.6. The average molecular weight is 1170 g/mol. The number of hydrogen-bond donors (Lipinski definition) is 5. The van der Waals surface area contributed by atoms with E-state index in [0.29, 0.717) is 0 Å². The van der Waals surface area contributed by atoms with Crippen LogP contribution in [0.15, 0.2) is 0 Å². The molecule has 3 aliphatic rings. The van der Waals surface area contributed by atoms with Crippen molar-refractivity contribution in [1.82, 2.24) is 55.6 Å². The van der Waals surface area contributed by atoms with Gasteiger partial charge in [0.25, 0.3) is 5.91 Å². The number of imide groups is 1. The first kappa shape index (κ1) is 71.5. The summed E-state index contributed by atoms with van der Waals surface area (Å²) in [6.45, 7) is 26.3. The van der Waals surface area contributed by atoms with E-state index in [1.54, 1.807) is 39.6 Å². The minimum Gasteiger partial charge on any atom is -0.390 e. The fourth-order valence-electron chi connectivity index (χ4n) is 11.6. The topological polar surface area (TPSA) is 288 Å². The lowest BCUT2D eigenvalue weighted by Gasteiger charge is -2.42. The van der Waals surface area contributed by atoms with Crippen molar-refractivity contribution in [3.05, 3.63) is 0 Å². The molecule has 3 aliphatic heterocycles. The standard InChI is InChI=1S/C59H103N11O13/c1-29(2)25-39-50(73)60-35(13)49(72)61-36(14)53(76)70(22)56(79)42(28-32(7)8)65(17)41(27-31(5)6)55(78)68(20)45(34(11)12)59(82)69(21)46-48-38(23-24-83-48)47(71)44(63-52(46)75)58(81)64(16)37(15)54(77)66(18)40(26-30(3)4)51(74)62-43(33(9)10)57(80)67(39)19/h29-48,71H,23-28H2,1-22H3,(H,60,73)(H,61,72)(H,62,74)(H,63,75)/t35-,36+,37-,38+,39-,40+,41-,42-,43-,44+,45-,46+,47-,48-/m1/s1. The second-order valence-corrected chi connectivity index (χ2v) is 26.0. The van der Waals surface area contributed by atoms with Gasteiger partial charge in [-0.1, -0.05) is 83.1 Å². The van der Waals surface area contributed by atoms with Gasteiger partial charge in [0.2, 0.25) is 59.1 Å². The number of aliphatic hydroxyl groups excluding tert-OH is 1. The van der Waals surface area contributed by atoms with Gasteiger partial charge in [-0.3, -0.25) is 62.5 Å². The van der Waals surface area contributed by atoms with E-state index >= 15 is 9.59 Å². The van der Waals surface area contributed by atoms with Gasteiger partial charge in [-0.2, -0.15) is 0 Å². The van der Waals surface area contributed by atoms with Crippen molar-refractivity contribution in [3.8, 4) is 0 Å². The number of rotatable bonds is 10. The number of ether oxygens (including phenoxy) is 1. The van der Waals surface area contributed by atoms with Gasteiger partial charge in [0.15, 0.2) is 0 Å². The lowest BCUT2D eigenvalue weighted by molar-refractivity contribution is -0.156. The highest BCUT2D eigenvalue weighted by Crippen LogP contribution is 2.34. The lowest BCUT2D eigenvalue weighted by atomic mass is 9.87. The number of fused-ring (bicyclic) bond motifs is 5. The van der Waals surface area contributed by atoms with Crippen molar-refractivity contribution >= 4 is 65.0 Å². The van der Waals surface area contributed by atoms with Crippen molar-refractivity contribution < 1.29 is 62.6 Å². The van der Waals surface area contributed by atoms with Gasteiger partial charge in [0.1, 0.15) is 54.4 Å². The summed E-state index contributed by atoms with van der Waals surface area (Å²) >= 11 is 0. The highest BCUT2D eigenvalue weighted by atomic mass is 16.5. The number of aliphatic hydroxyl groups is 1. The predicted molar refractivity (Wildman–Crippen MR) is 312 cm³/mol. The molecule has 3 rings (SSSR count). The maximum Gasteiger partial charge on any atom is 0.251 e. The van der Waals surface area contributed by atoms with Gasteiger partial charge >= 0.3 is 0 Å². The Labute approximate surface area is 493 Å². The normalized spacial score (nSPS) is 31.5. The summed E-state index contributed by atoms with van der Waals surface area (Å²) in [5.41, 5.74) is 0. The molecule has 0 aromatic heterocycles. The third-order valence-electron chi connectivity index (χ3n) is 16.7. The van der Waals surface area contributed by atoms with E-state index in [9.17, 15) is 48.3 Å². The molecule has 14 atom stereocenters. The average Bonchev–Trinajstić information content (AvgIpc) is 3.85. The van der Waals surface area contributed by atoms with Crippen LogP contribution in [0.1, 0.15) is 136 Å². The molecule has 24 nitrogen and oxygen atoms in total. The Morgan fingerprint density at radius 3 is 1.40 bits per heavy atom. The monoisotopic (exact) mass is 1170 g/mol. The van der Waals surface area contributed by atoms with Crippen molar-refractivity contribution in [2.24, 2.45) is 41.4 Å². The van der Waals surface area contributed by atoms with E-state index < -0.39 is 161 Å². The first-order valence-corrected chi connectivity index (χ1v) is 29.7. The third kappa shape index (κ3) is 17.2. The molecular weight excluding hydrogens is 1070 g/mol. The number of carbonyl (C=O) groups is 11. The van der Waals surface area contributed by atoms with Crippen molar-refractivity contribution in [1.29, 1.82) is 0 Å². The molecule has 0 aromatic carbocycles. The van der Waals surface area contributed by atoms with Crippen LogP contribution in [0, 0.1) is 41.4 Å². The van der Waals surface area contributed by atoms with Gasteiger partial charge in [-0.05, 0) is 95.4 Å². The number of hydrogen-bond acceptors (Lipinski definition) is 14. The van der Waals surface area contributed by atoms with Crippen LogP contribution in [0.3, 0.4) is 0 Å². The summed E-state index contributed by atoms with van der Waals surface area (Å²) < 4.78 is 6.13. The smallest absolute Gasteiger partial charge is 0.251 e. The lowest BCUT2D eigenvalue weighted by Crippen LogP contribution is -2.63. The molecule has 0 saturated carbocycles. The van der Waals surface area contributed by atoms with Crippen molar-refractivity contribution in [2.75, 3.05) is 55.9 Å². The van der Waals surface area contributed by atoms with E-state index in [1.165, 1.54) is 82.7 Å². The summed E-state index contributed by atoms with van der Waals surface area (Å²) in [5, 5.41) is 22.9. The van der Waals surface area contributed by atoms with Crippen LogP contribution in [-0.4, -0.2) is 239 Å². The Kier molecular flexibility index (Phi) is 26.2. The molecule has 472 valence electrons. The Morgan fingerprint density at radius 2 is 0.916 bits per heavy atom. The molecule has 0 spiro atoms. The third-order valence-corrected chi connectivity index (χ3v) is 16.7. The van der Waals surface area contributed by atoms with Crippen LogP contribution in [0.2, 0.25) is 0 Å². The highest BCUT2D eigenvalue weighted by Gasteiger charge is 2.54. The van der Waals surface area contributed by atoms with Gasteiger partial charge in [0, 0.05) is 54.8 Å². The van der Waals surface area contributed by atoms with Crippen LogP contribution in [0.5, 0.6) is 0 Å². The molecule has 0 aromatic rings. The molecule has 5 N–H and O–H groups in total. The second kappa shape index (κ2) is 30.4. The van der Waals surface area contributed by atoms with Crippen LogP contribution in [-0.2, 0) is 57.5 Å². The number of nitrogens with zero attached hydrogens (tertiary/aromatic N) is 7. The molecule has 3 saturated heterocycles. The van der Waals surface area contributed by atoms with Crippen LogP contribution >= 0.6 is 0 Å². The number of amides is 11. The highest BCUT2D eigenvalue weighted by molar-refractivity contribution is 6.02. The maximum absolute atomic E-state index is 15.2. The fourth-order valence-corrected chi connectivity index (χ4v) is 11.6. The molecule has 0 aliphatic carbocycles. The van der Waals surface area contributed by atoms with E-state index in [0.717, 1.165) is 9.80 Å². The van der Waals surface area contributed by atoms with Crippen LogP contribution in [0.4, 0.5) is 0 Å². The summed E-state index contributed by atoms with van der Waals surface area (Å²) in [5.74, 6) is -10.2. The zero-order valence-electron chi connectivity index (χ0n) is 53.8. The fraction of sp³-hybridized carbons (Fsp3) is 0.814. The summed E-state index contributed by atoms with van der Waals surface area (Å²) in [6.07, 6.45) is -1.74. The molecule has 0 unspecified atom stereocenters. The molecule has 2 bridgehead atoms. The second-order valence-electron chi connectivity index (χ2n) is 26.0. The molecule has 24 heteroatoms. The molecule has 3 heterocycles.